The summed E-state index contributed by atoms with van der Waals surface area (Å²) in [6.07, 6.45) is 6.06. The van der Waals surface area contributed by atoms with E-state index in [1.54, 1.807) is 6.20 Å². The van der Waals surface area contributed by atoms with Crippen LogP contribution in [0.2, 0.25) is 0 Å². The number of nitrogens with one attached hydrogen (secondary N) is 1. The predicted octanol–water partition coefficient (Wildman–Crippen LogP) is 4.62. The van der Waals surface area contributed by atoms with Gasteiger partial charge >= 0.3 is 0 Å². The van der Waals surface area contributed by atoms with Crippen LogP contribution in [0, 0.1) is 24.2 Å². The maximum atomic E-state index is 9.21. The second-order valence-corrected chi connectivity index (χ2v) is 8.31. The molecule has 6 heteroatoms. The number of nitriles is 1. The lowest BCUT2D eigenvalue weighted by Crippen LogP contribution is -2.33. The molecule has 0 radical (unpaired) electrons. The predicted molar refractivity (Wildman–Crippen MR) is 124 cm³/mol. The highest BCUT2D eigenvalue weighted by Crippen LogP contribution is 2.35. The van der Waals surface area contributed by atoms with Gasteiger partial charge in [-0.3, -0.25) is 4.40 Å². The number of hydrogen-bond donors (Lipinski definition) is 1. The minimum atomic E-state index is 0.468. The summed E-state index contributed by atoms with van der Waals surface area (Å²) in [7, 11) is 0. The second kappa shape index (κ2) is 8.81. The summed E-state index contributed by atoms with van der Waals surface area (Å²) in [5.74, 6) is 1.01. The Balaban J connectivity index is 1.64. The third-order valence-corrected chi connectivity index (χ3v) is 5.98. The lowest BCUT2D eigenvalue weighted by atomic mass is 10.0. The van der Waals surface area contributed by atoms with Crippen molar-refractivity contribution < 1.29 is 4.74 Å². The van der Waals surface area contributed by atoms with Crippen LogP contribution in [0.3, 0.4) is 0 Å². The van der Waals surface area contributed by atoms with Crippen molar-refractivity contribution >= 4 is 5.65 Å². The van der Waals surface area contributed by atoms with Gasteiger partial charge < -0.3 is 10.1 Å². The molecule has 0 unspecified atom stereocenters. The van der Waals surface area contributed by atoms with Crippen molar-refractivity contribution in [2.24, 2.45) is 5.92 Å². The molecule has 1 N–H and O–H groups in total. The third kappa shape index (κ3) is 3.95. The van der Waals surface area contributed by atoms with E-state index in [0.717, 1.165) is 42.0 Å². The summed E-state index contributed by atoms with van der Waals surface area (Å²) in [6.45, 7) is 4.73. The van der Waals surface area contributed by atoms with E-state index < -0.39 is 0 Å². The molecule has 2 aromatic heterocycles. The summed E-state index contributed by atoms with van der Waals surface area (Å²) in [5.41, 5.74) is 6.27. The van der Waals surface area contributed by atoms with Crippen LogP contribution in [0.1, 0.15) is 24.0 Å². The Morgan fingerprint density at radius 1 is 1.12 bits per heavy atom. The second-order valence-electron chi connectivity index (χ2n) is 8.31. The lowest BCUT2D eigenvalue weighted by Gasteiger charge is -2.23. The van der Waals surface area contributed by atoms with E-state index in [-0.39, 0.29) is 0 Å². The zero-order valence-corrected chi connectivity index (χ0v) is 18.1. The molecular formula is C26H25N5O. The van der Waals surface area contributed by atoms with Gasteiger partial charge in [0.1, 0.15) is 0 Å². The minimum absolute atomic E-state index is 0.468. The molecule has 32 heavy (non-hydrogen) atoms. The molecule has 0 bridgehead atoms. The Bertz CT molecular complexity index is 1260. The monoisotopic (exact) mass is 423 g/mol. The van der Waals surface area contributed by atoms with Crippen LogP contribution in [0.15, 0.2) is 60.9 Å². The smallest absolute Gasteiger partial charge is 0.259 e. The van der Waals surface area contributed by atoms with E-state index >= 15 is 0 Å². The number of benzene rings is 2. The van der Waals surface area contributed by atoms with Gasteiger partial charge in [0, 0.05) is 36.0 Å². The molecule has 1 fully saturated rings. The third-order valence-electron chi connectivity index (χ3n) is 5.98. The number of imidazole rings is 1. The van der Waals surface area contributed by atoms with Crippen LogP contribution in [-0.4, -0.2) is 34.1 Å². The van der Waals surface area contributed by atoms with Gasteiger partial charge in [-0.1, -0.05) is 42.0 Å². The van der Waals surface area contributed by atoms with Crippen LogP contribution in [0.5, 0.6) is 5.88 Å². The molecule has 0 aliphatic carbocycles. The van der Waals surface area contributed by atoms with Crippen molar-refractivity contribution in [1.82, 2.24) is 19.7 Å². The van der Waals surface area contributed by atoms with Gasteiger partial charge in [-0.05, 0) is 38.4 Å². The molecule has 4 aromatic rings. The zero-order chi connectivity index (χ0) is 21.9. The molecule has 5 rings (SSSR count). The number of hydrogen-bond acceptors (Lipinski definition) is 5. The lowest BCUT2D eigenvalue weighted by molar-refractivity contribution is 0.213. The van der Waals surface area contributed by atoms with E-state index in [2.05, 4.69) is 52.0 Å². The van der Waals surface area contributed by atoms with Crippen molar-refractivity contribution in [2.45, 2.75) is 19.8 Å². The highest BCUT2D eigenvalue weighted by Gasteiger charge is 2.21. The molecule has 1 aliphatic heterocycles. The van der Waals surface area contributed by atoms with Gasteiger partial charge in [0.05, 0.1) is 29.6 Å². The molecule has 6 nitrogen and oxygen atoms in total. The molecule has 0 amide bonds. The van der Waals surface area contributed by atoms with Gasteiger partial charge in [0.15, 0.2) is 0 Å². The molecular weight excluding hydrogens is 398 g/mol. The number of ether oxygens (including phenoxy) is 1. The molecule has 1 atom stereocenters. The Morgan fingerprint density at radius 3 is 2.62 bits per heavy atom. The maximum Gasteiger partial charge on any atom is 0.259 e. The number of piperidine rings is 1. The van der Waals surface area contributed by atoms with Gasteiger partial charge in [-0.15, -0.1) is 0 Å². The highest BCUT2D eigenvalue weighted by atomic mass is 16.5. The fraction of sp³-hybridized carbons (Fsp3) is 0.269. The summed E-state index contributed by atoms with van der Waals surface area (Å²) in [4.78, 5) is 9.54. The largest absolute Gasteiger partial charge is 0.475 e. The van der Waals surface area contributed by atoms with Crippen molar-refractivity contribution in [2.75, 3.05) is 19.7 Å². The number of nitrogens with zero attached hydrogens (tertiary/aromatic N) is 4. The average Bonchev–Trinajstić information content (AvgIpc) is 3.34. The van der Waals surface area contributed by atoms with E-state index in [1.807, 2.05) is 30.5 Å². The number of aryl methyl sites for hydroxylation is 1. The first-order chi connectivity index (χ1) is 15.7. The minimum Gasteiger partial charge on any atom is -0.475 e. The van der Waals surface area contributed by atoms with Crippen LogP contribution in [0.4, 0.5) is 0 Å². The average molecular weight is 424 g/mol. The highest BCUT2D eigenvalue weighted by molar-refractivity contribution is 5.81. The summed E-state index contributed by atoms with van der Waals surface area (Å²) < 4.78 is 8.30. The van der Waals surface area contributed by atoms with Crippen LogP contribution >= 0.6 is 0 Å². The summed E-state index contributed by atoms with van der Waals surface area (Å²) >= 11 is 0. The first kappa shape index (κ1) is 20.2. The SMILES string of the molecule is Cc1ccc(-c2c(-c3ccc(C#N)cc3)nc(OC[C@H]3CCCNC3)c3nccn23)cc1. The van der Waals surface area contributed by atoms with E-state index in [0.29, 0.717) is 29.6 Å². The Hall–Kier alpha value is -3.69. The van der Waals surface area contributed by atoms with Gasteiger partial charge in [-0.25, -0.2) is 9.97 Å². The molecule has 0 spiro atoms. The molecule has 2 aromatic carbocycles. The van der Waals surface area contributed by atoms with E-state index in [9.17, 15) is 5.26 Å². The molecule has 160 valence electrons. The van der Waals surface area contributed by atoms with E-state index in [1.165, 1.54) is 12.0 Å². The van der Waals surface area contributed by atoms with Crippen molar-refractivity contribution in [3.8, 4) is 34.5 Å². The normalized spacial score (nSPS) is 16.1. The fourth-order valence-corrected chi connectivity index (χ4v) is 4.21. The fourth-order valence-electron chi connectivity index (χ4n) is 4.21. The Kier molecular flexibility index (Phi) is 5.57. The van der Waals surface area contributed by atoms with Gasteiger partial charge in [-0.2, -0.15) is 5.26 Å². The Labute approximate surface area is 187 Å². The number of fused-ring (bicyclic) bond motifs is 1. The zero-order valence-electron chi connectivity index (χ0n) is 18.1. The van der Waals surface area contributed by atoms with Gasteiger partial charge in [0.25, 0.3) is 5.88 Å². The summed E-state index contributed by atoms with van der Waals surface area (Å²) in [6, 6.07) is 18.1. The van der Waals surface area contributed by atoms with Crippen molar-refractivity contribution in [3.05, 3.63) is 72.1 Å². The molecule has 1 saturated heterocycles. The van der Waals surface area contributed by atoms with E-state index in [4.69, 9.17) is 9.72 Å². The topological polar surface area (TPSA) is 75.2 Å². The molecule has 1 aliphatic rings. The molecule has 3 heterocycles. The van der Waals surface area contributed by atoms with Crippen molar-refractivity contribution in [3.63, 3.8) is 0 Å². The maximum absolute atomic E-state index is 9.21. The first-order valence-electron chi connectivity index (χ1n) is 11.0. The quantitative estimate of drug-likeness (QED) is 0.507. The number of rotatable bonds is 5. The first-order valence-corrected chi connectivity index (χ1v) is 11.0. The van der Waals surface area contributed by atoms with Crippen LogP contribution < -0.4 is 10.1 Å². The van der Waals surface area contributed by atoms with Crippen molar-refractivity contribution in [1.29, 1.82) is 5.26 Å². The number of aromatic nitrogens is 3. The van der Waals surface area contributed by atoms with Crippen LogP contribution in [-0.2, 0) is 0 Å². The Morgan fingerprint density at radius 2 is 1.91 bits per heavy atom. The van der Waals surface area contributed by atoms with Gasteiger partial charge in [0.2, 0.25) is 5.65 Å². The summed E-state index contributed by atoms with van der Waals surface area (Å²) in [5, 5.41) is 12.6. The van der Waals surface area contributed by atoms with Crippen LogP contribution in [0.25, 0.3) is 28.2 Å². The standard InChI is InChI=1S/C26H25N5O/c1-18-4-8-22(9-5-18)24-23(21-10-6-19(15-27)7-11-21)30-26(25-29-13-14-31(24)25)32-17-20-3-2-12-28-16-20/h4-11,13-14,20,28H,2-3,12,16-17H2,1H3/t20-/m0/s1. The molecule has 0 saturated carbocycles.